The number of hydrogen-bond donors (Lipinski definition) is 2. The molecular formula is C57H68N6O6. The SMILES string of the molecule is CC(=O)C[C@@H](NC(=O)[C@@H](CC(C)C)n1ccccc1=O)c1cncc(-c2c(C)cccc2C)c1.CC(=O)C[C@H](NC(=O)[C@H](CC(C)C)n1ccc(C)cc1=O)c1cncc(-c2c(C)cccc2C)c1. The van der Waals surface area contributed by atoms with E-state index >= 15 is 0 Å². The first kappa shape index (κ1) is 52.9. The molecule has 0 bridgehead atoms. The monoisotopic (exact) mass is 933 g/mol. The maximum absolute atomic E-state index is 13.5. The molecule has 12 heteroatoms. The highest BCUT2D eigenvalue weighted by Crippen LogP contribution is 2.32. The molecule has 0 aliphatic carbocycles. The van der Waals surface area contributed by atoms with E-state index in [1.165, 1.54) is 35.1 Å². The van der Waals surface area contributed by atoms with Gasteiger partial charge in [-0.1, -0.05) is 70.2 Å². The minimum Gasteiger partial charge on any atom is -0.347 e. The second kappa shape index (κ2) is 24.3. The van der Waals surface area contributed by atoms with E-state index in [4.69, 9.17) is 0 Å². The van der Waals surface area contributed by atoms with Crippen molar-refractivity contribution >= 4 is 23.4 Å². The third kappa shape index (κ3) is 14.5. The molecule has 4 heterocycles. The van der Waals surface area contributed by atoms with Crippen LogP contribution in [0, 0.1) is 46.5 Å². The fraction of sp³-hybridized carbons (Fsp3) is 0.368. The van der Waals surface area contributed by atoms with Crippen LogP contribution in [0.5, 0.6) is 0 Å². The largest absolute Gasteiger partial charge is 0.347 e. The number of aryl methyl sites for hydroxylation is 5. The molecule has 0 spiro atoms. The summed E-state index contributed by atoms with van der Waals surface area (Å²) in [4.78, 5) is 85.3. The number of pyridine rings is 4. The lowest BCUT2D eigenvalue weighted by atomic mass is 9.94. The molecule has 12 nitrogen and oxygen atoms in total. The van der Waals surface area contributed by atoms with Gasteiger partial charge in [0.25, 0.3) is 11.1 Å². The van der Waals surface area contributed by atoms with E-state index in [-0.39, 0.29) is 59.2 Å². The van der Waals surface area contributed by atoms with Crippen molar-refractivity contribution in [3.63, 3.8) is 0 Å². The van der Waals surface area contributed by atoms with Crippen molar-refractivity contribution in [1.82, 2.24) is 29.7 Å². The highest BCUT2D eigenvalue weighted by atomic mass is 16.2. The lowest BCUT2D eigenvalue weighted by Crippen LogP contribution is -2.40. The van der Waals surface area contributed by atoms with E-state index in [1.54, 1.807) is 49.3 Å². The average molecular weight is 933 g/mol. The summed E-state index contributed by atoms with van der Waals surface area (Å²) in [5.74, 6) is -0.262. The van der Waals surface area contributed by atoms with Gasteiger partial charge in [0.1, 0.15) is 23.7 Å². The number of nitrogens with one attached hydrogen (secondary N) is 2. The van der Waals surface area contributed by atoms with Gasteiger partial charge >= 0.3 is 0 Å². The van der Waals surface area contributed by atoms with Crippen molar-refractivity contribution in [2.24, 2.45) is 11.8 Å². The molecule has 4 atom stereocenters. The molecule has 6 rings (SSSR count). The number of aromatic nitrogens is 4. The van der Waals surface area contributed by atoms with Gasteiger partial charge in [-0.2, -0.15) is 0 Å². The number of Topliss-reactive ketones (excluding diaryl/α,β-unsaturated/α-hetero) is 2. The first-order valence-corrected chi connectivity index (χ1v) is 23.7. The number of rotatable bonds is 18. The maximum atomic E-state index is 13.5. The van der Waals surface area contributed by atoms with Crippen LogP contribution in [0.3, 0.4) is 0 Å². The zero-order valence-electron chi connectivity index (χ0n) is 42.0. The molecule has 2 aromatic carbocycles. The summed E-state index contributed by atoms with van der Waals surface area (Å²) >= 11 is 0. The predicted octanol–water partition coefficient (Wildman–Crippen LogP) is 10.2. The summed E-state index contributed by atoms with van der Waals surface area (Å²) in [6, 6.07) is 22.0. The smallest absolute Gasteiger partial charge is 0.251 e. The maximum Gasteiger partial charge on any atom is 0.251 e. The molecule has 362 valence electrons. The second-order valence-electron chi connectivity index (χ2n) is 19.2. The van der Waals surface area contributed by atoms with Crippen molar-refractivity contribution in [2.45, 2.75) is 126 Å². The van der Waals surface area contributed by atoms with Crippen molar-refractivity contribution in [2.75, 3.05) is 0 Å². The summed E-state index contributed by atoms with van der Waals surface area (Å²) in [5, 5.41) is 6.10. The fourth-order valence-corrected chi connectivity index (χ4v) is 8.86. The summed E-state index contributed by atoms with van der Waals surface area (Å²) in [6.07, 6.45) is 11.6. The van der Waals surface area contributed by atoms with E-state index in [0.717, 1.165) is 61.2 Å². The van der Waals surface area contributed by atoms with Gasteiger partial charge in [0, 0.05) is 73.3 Å². The normalized spacial score (nSPS) is 12.9. The fourth-order valence-electron chi connectivity index (χ4n) is 8.86. The van der Waals surface area contributed by atoms with E-state index < -0.39 is 24.2 Å². The Morgan fingerprint density at radius 2 is 0.942 bits per heavy atom. The summed E-state index contributed by atoms with van der Waals surface area (Å²) in [7, 11) is 0. The minimum absolute atomic E-state index is 0.0410. The lowest BCUT2D eigenvalue weighted by molar-refractivity contribution is -0.127. The Kier molecular flexibility index (Phi) is 18.6. The van der Waals surface area contributed by atoms with Crippen LogP contribution in [0.2, 0.25) is 0 Å². The topological polar surface area (TPSA) is 162 Å². The van der Waals surface area contributed by atoms with Crippen LogP contribution in [0.4, 0.5) is 0 Å². The molecular weight excluding hydrogens is 865 g/mol. The molecule has 0 aliphatic rings. The lowest BCUT2D eigenvalue weighted by Gasteiger charge is -2.25. The molecule has 0 radical (unpaired) electrons. The molecule has 0 aliphatic heterocycles. The molecule has 2 N–H and O–H groups in total. The Labute approximate surface area is 406 Å². The number of ketones is 2. The van der Waals surface area contributed by atoms with Gasteiger partial charge in [-0.25, -0.2) is 0 Å². The van der Waals surface area contributed by atoms with E-state index in [1.807, 2.05) is 65.0 Å². The zero-order chi connectivity index (χ0) is 50.5. The van der Waals surface area contributed by atoms with E-state index in [0.29, 0.717) is 12.8 Å². The van der Waals surface area contributed by atoms with Crippen LogP contribution in [-0.2, 0) is 19.2 Å². The van der Waals surface area contributed by atoms with Gasteiger partial charge < -0.3 is 19.8 Å². The quantitative estimate of drug-likeness (QED) is 0.0861. The second-order valence-corrected chi connectivity index (χ2v) is 19.2. The Morgan fingerprint density at radius 1 is 0.522 bits per heavy atom. The number of carbonyl (C=O) groups excluding carboxylic acids is 4. The third-order valence-electron chi connectivity index (χ3n) is 12.1. The molecule has 0 fully saturated rings. The van der Waals surface area contributed by atoms with E-state index in [9.17, 15) is 28.8 Å². The molecule has 6 aromatic rings. The van der Waals surface area contributed by atoms with Crippen LogP contribution < -0.4 is 21.8 Å². The highest BCUT2D eigenvalue weighted by molar-refractivity contribution is 5.84. The Bertz CT molecular complexity index is 2860. The van der Waals surface area contributed by atoms with Gasteiger partial charge in [-0.15, -0.1) is 0 Å². The number of nitrogens with zero attached hydrogens (tertiary/aromatic N) is 4. The molecule has 0 saturated heterocycles. The summed E-state index contributed by atoms with van der Waals surface area (Å²) in [5.41, 5.74) is 10.5. The van der Waals surface area contributed by atoms with Crippen molar-refractivity contribution < 1.29 is 19.2 Å². The number of carbonyl (C=O) groups is 4. The zero-order valence-corrected chi connectivity index (χ0v) is 42.0. The van der Waals surface area contributed by atoms with E-state index in [2.05, 4.69) is 72.6 Å². The third-order valence-corrected chi connectivity index (χ3v) is 12.1. The van der Waals surface area contributed by atoms with Gasteiger partial charge in [-0.3, -0.25) is 38.7 Å². The highest BCUT2D eigenvalue weighted by Gasteiger charge is 2.28. The van der Waals surface area contributed by atoms with Crippen LogP contribution in [0.15, 0.2) is 126 Å². The summed E-state index contributed by atoms with van der Waals surface area (Å²) < 4.78 is 2.95. The van der Waals surface area contributed by atoms with Gasteiger partial charge in [-0.05, 0) is 147 Å². The summed E-state index contributed by atoms with van der Waals surface area (Å²) in [6.45, 7) is 21.2. The van der Waals surface area contributed by atoms with Crippen molar-refractivity contribution in [1.29, 1.82) is 0 Å². The molecule has 69 heavy (non-hydrogen) atoms. The first-order chi connectivity index (χ1) is 32.7. The van der Waals surface area contributed by atoms with Crippen LogP contribution >= 0.6 is 0 Å². The Morgan fingerprint density at radius 3 is 1.32 bits per heavy atom. The average Bonchev–Trinajstić information content (AvgIpc) is 3.27. The predicted molar refractivity (Wildman–Crippen MR) is 274 cm³/mol. The molecule has 0 saturated carbocycles. The van der Waals surface area contributed by atoms with Gasteiger partial charge in [0.05, 0.1) is 12.1 Å². The van der Waals surface area contributed by atoms with Crippen molar-refractivity contribution in [3.8, 4) is 22.3 Å². The standard InChI is InChI=1S/C29H35N3O3.C28H33N3O3/c1-18(2)12-26(32-11-10-19(3)13-27(32)34)29(35)31-25(14-22(6)33)23-15-24(17-30-16-23)28-20(4)8-7-9-21(28)5;1-18(2)13-25(31-12-7-6-11-26(31)33)28(34)30-24(14-21(5)32)22-15-23(17-29-16-22)27-19(3)9-8-10-20(27)4/h7-11,13,15-18,25-26H,12,14H2,1-6H3,(H,31,35);6-12,15-18,24-25H,13-14H2,1-5H3,(H,30,34)/t25-,26-;24-,25-/m01/s1. The molecule has 2 amide bonds. The number of amides is 2. The molecule has 0 unspecified atom stereocenters. The van der Waals surface area contributed by atoms with Crippen LogP contribution in [-0.4, -0.2) is 42.5 Å². The number of hydrogen-bond acceptors (Lipinski definition) is 8. The van der Waals surface area contributed by atoms with Crippen LogP contribution in [0.1, 0.15) is 130 Å². The molecule has 4 aromatic heterocycles. The van der Waals surface area contributed by atoms with Gasteiger partial charge in [0.2, 0.25) is 11.8 Å². The Balaban J connectivity index is 0.000000258. The number of benzene rings is 2. The van der Waals surface area contributed by atoms with Crippen LogP contribution in [0.25, 0.3) is 22.3 Å². The minimum atomic E-state index is -0.674. The first-order valence-electron chi connectivity index (χ1n) is 23.7. The van der Waals surface area contributed by atoms with Gasteiger partial charge in [0.15, 0.2) is 0 Å². The Hall–Kier alpha value is -7.08. The van der Waals surface area contributed by atoms with Crippen molar-refractivity contribution in [3.05, 3.63) is 176 Å².